The van der Waals surface area contributed by atoms with E-state index in [4.69, 9.17) is 5.11 Å². The molecule has 0 aromatic heterocycles. The number of benzene rings is 1. The van der Waals surface area contributed by atoms with Crippen molar-refractivity contribution >= 4 is 17.9 Å². The van der Waals surface area contributed by atoms with Gasteiger partial charge in [0.05, 0.1) is 0 Å². The molecule has 1 aromatic rings. The minimum atomic E-state index is -1.10. The number of aliphatic carboxylic acids is 1. The highest BCUT2D eigenvalue weighted by atomic mass is 16.4. The third-order valence-corrected chi connectivity index (χ3v) is 2.99. The smallest absolute Gasteiger partial charge is 0.325 e. The van der Waals surface area contributed by atoms with Gasteiger partial charge in [-0.1, -0.05) is 30.3 Å². The Kier molecular flexibility index (Phi) is 6.88. The van der Waals surface area contributed by atoms with Gasteiger partial charge in [0.1, 0.15) is 6.04 Å². The molecule has 0 radical (unpaired) electrons. The largest absolute Gasteiger partial charge is 0.480 e. The van der Waals surface area contributed by atoms with Crippen LogP contribution in [0.2, 0.25) is 0 Å². The zero-order chi connectivity index (χ0) is 16.5. The van der Waals surface area contributed by atoms with Crippen LogP contribution in [-0.4, -0.2) is 47.5 Å². The molecule has 0 aliphatic rings. The minimum Gasteiger partial charge on any atom is -0.480 e. The summed E-state index contributed by atoms with van der Waals surface area (Å²) in [6.45, 7) is 2.00. The van der Waals surface area contributed by atoms with Crippen LogP contribution in [0.1, 0.15) is 18.9 Å². The predicted octanol–water partition coefficient (Wildman–Crippen LogP) is 0.807. The summed E-state index contributed by atoms with van der Waals surface area (Å²) in [7, 11) is 1.66. The van der Waals surface area contributed by atoms with Gasteiger partial charge in [-0.15, -0.1) is 0 Å². The quantitative estimate of drug-likeness (QED) is 0.694. The molecular weight excluding hydrogens is 286 g/mol. The van der Waals surface area contributed by atoms with Crippen LogP contribution in [-0.2, 0) is 16.1 Å². The number of carbonyl (C=O) groups excluding carboxylic acids is 2. The number of hydrogen-bond acceptors (Lipinski definition) is 3. The number of carboxylic acid groups (broad SMARTS) is 1. The molecule has 3 N–H and O–H groups in total. The molecule has 22 heavy (non-hydrogen) atoms. The van der Waals surface area contributed by atoms with Gasteiger partial charge < -0.3 is 20.6 Å². The van der Waals surface area contributed by atoms with Crippen molar-refractivity contribution in [3.8, 4) is 0 Å². The highest BCUT2D eigenvalue weighted by Crippen LogP contribution is 2.02. The molecule has 120 valence electrons. The Morgan fingerprint density at radius 2 is 1.86 bits per heavy atom. The van der Waals surface area contributed by atoms with Crippen LogP contribution in [0.5, 0.6) is 0 Å². The van der Waals surface area contributed by atoms with Crippen LogP contribution in [0, 0.1) is 0 Å². The van der Waals surface area contributed by atoms with Crippen molar-refractivity contribution in [2.45, 2.75) is 25.9 Å². The third-order valence-electron chi connectivity index (χ3n) is 2.99. The van der Waals surface area contributed by atoms with Crippen LogP contribution in [0.3, 0.4) is 0 Å². The second-order valence-electron chi connectivity index (χ2n) is 4.95. The second-order valence-corrected chi connectivity index (χ2v) is 4.95. The van der Waals surface area contributed by atoms with E-state index in [1.165, 1.54) is 11.8 Å². The Balaban J connectivity index is 2.28. The summed E-state index contributed by atoms with van der Waals surface area (Å²) in [5, 5.41) is 13.6. The lowest BCUT2D eigenvalue weighted by atomic mass is 10.2. The molecule has 0 unspecified atom stereocenters. The first kappa shape index (κ1) is 17.5. The molecule has 1 rings (SSSR count). The lowest BCUT2D eigenvalue weighted by Gasteiger charge is -2.18. The Bertz CT molecular complexity index is 519. The fourth-order valence-electron chi connectivity index (χ4n) is 1.72. The molecular formula is C15H21N3O4. The van der Waals surface area contributed by atoms with Crippen molar-refractivity contribution in [3.63, 3.8) is 0 Å². The average Bonchev–Trinajstić information content (AvgIpc) is 2.47. The van der Waals surface area contributed by atoms with E-state index >= 15 is 0 Å². The van der Waals surface area contributed by atoms with Crippen molar-refractivity contribution in [1.29, 1.82) is 0 Å². The predicted molar refractivity (Wildman–Crippen MR) is 81.2 cm³/mol. The van der Waals surface area contributed by atoms with E-state index in [2.05, 4.69) is 10.6 Å². The number of carbonyl (C=O) groups is 3. The zero-order valence-corrected chi connectivity index (χ0v) is 12.7. The van der Waals surface area contributed by atoms with Crippen molar-refractivity contribution in [3.05, 3.63) is 35.9 Å². The molecule has 0 fully saturated rings. The molecule has 0 heterocycles. The molecule has 0 bridgehead atoms. The lowest BCUT2D eigenvalue weighted by Crippen LogP contribution is -2.41. The highest BCUT2D eigenvalue weighted by molar-refractivity contribution is 5.83. The Labute approximate surface area is 129 Å². The van der Waals surface area contributed by atoms with Gasteiger partial charge in [-0.3, -0.25) is 9.59 Å². The van der Waals surface area contributed by atoms with E-state index in [1.54, 1.807) is 7.05 Å². The van der Waals surface area contributed by atoms with Gasteiger partial charge in [0, 0.05) is 26.6 Å². The summed E-state index contributed by atoms with van der Waals surface area (Å²) in [5.41, 5.74) is 1.01. The maximum absolute atomic E-state index is 11.8. The second kappa shape index (κ2) is 8.66. The first-order chi connectivity index (χ1) is 10.4. The average molecular weight is 307 g/mol. The molecule has 7 nitrogen and oxygen atoms in total. The molecule has 1 atom stereocenters. The van der Waals surface area contributed by atoms with Crippen molar-refractivity contribution in [2.75, 3.05) is 13.6 Å². The molecule has 0 saturated heterocycles. The normalized spacial score (nSPS) is 11.4. The number of urea groups is 1. The van der Waals surface area contributed by atoms with Gasteiger partial charge in [0.25, 0.3) is 0 Å². The van der Waals surface area contributed by atoms with E-state index < -0.39 is 17.9 Å². The fourth-order valence-corrected chi connectivity index (χ4v) is 1.72. The lowest BCUT2D eigenvalue weighted by molar-refractivity contribution is -0.141. The van der Waals surface area contributed by atoms with E-state index in [-0.39, 0.29) is 19.0 Å². The number of nitrogens with zero attached hydrogens (tertiary/aromatic N) is 1. The van der Waals surface area contributed by atoms with Crippen LogP contribution in [0.4, 0.5) is 4.79 Å². The molecule has 1 aromatic carbocycles. The summed E-state index contributed by atoms with van der Waals surface area (Å²) in [4.78, 5) is 35.4. The Morgan fingerprint density at radius 1 is 1.23 bits per heavy atom. The summed E-state index contributed by atoms with van der Waals surface area (Å²) >= 11 is 0. The molecule has 0 saturated carbocycles. The van der Waals surface area contributed by atoms with E-state index in [1.807, 2.05) is 30.3 Å². The van der Waals surface area contributed by atoms with Gasteiger partial charge in [-0.25, -0.2) is 4.79 Å². The van der Waals surface area contributed by atoms with Gasteiger partial charge in [-0.05, 0) is 12.5 Å². The first-order valence-electron chi connectivity index (χ1n) is 6.95. The molecule has 7 heteroatoms. The molecule has 0 aliphatic heterocycles. The van der Waals surface area contributed by atoms with Crippen LogP contribution < -0.4 is 10.6 Å². The third kappa shape index (κ3) is 6.25. The van der Waals surface area contributed by atoms with Crippen LogP contribution >= 0.6 is 0 Å². The van der Waals surface area contributed by atoms with E-state index in [0.29, 0.717) is 6.54 Å². The standard InChI is InChI=1S/C15H21N3O4/c1-11(14(20)21)17-13(19)8-9-16-15(22)18(2)10-12-6-4-3-5-7-12/h3-7,11H,8-10H2,1-2H3,(H,16,22)(H,17,19)(H,20,21)/t11-/m0/s1. The first-order valence-corrected chi connectivity index (χ1v) is 6.95. The molecule has 3 amide bonds. The van der Waals surface area contributed by atoms with Gasteiger partial charge in [0.15, 0.2) is 0 Å². The van der Waals surface area contributed by atoms with Crippen LogP contribution in [0.15, 0.2) is 30.3 Å². The monoisotopic (exact) mass is 307 g/mol. The van der Waals surface area contributed by atoms with Gasteiger partial charge in [0.2, 0.25) is 5.91 Å². The summed E-state index contributed by atoms with van der Waals surface area (Å²) < 4.78 is 0. The number of nitrogens with one attached hydrogen (secondary N) is 2. The number of rotatable bonds is 7. The van der Waals surface area contributed by atoms with Crippen molar-refractivity contribution in [1.82, 2.24) is 15.5 Å². The maximum Gasteiger partial charge on any atom is 0.325 e. The highest BCUT2D eigenvalue weighted by Gasteiger charge is 2.14. The number of hydrogen-bond donors (Lipinski definition) is 3. The van der Waals surface area contributed by atoms with Crippen molar-refractivity contribution < 1.29 is 19.5 Å². The summed E-state index contributed by atoms with van der Waals surface area (Å²) in [6.07, 6.45) is 0.0303. The van der Waals surface area contributed by atoms with Crippen molar-refractivity contribution in [2.24, 2.45) is 0 Å². The topological polar surface area (TPSA) is 98.7 Å². The fraction of sp³-hybridized carbons (Fsp3) is 0.400. The maximum atomic E-state index is 11.8. The number of carboxylic acids is 1. The van der Waals surface area contributed by atoms with E-state index in [0.717, 1.165) is 5.56 Å². The summed E-state index contributed by atoms with van der Waals surface area (Å²) in [6, 6.07) is 8.31. The zero-order valence-electron chi connectivity index (χ0n) is 12.7. The van der Waals surface area contributed by atoms with Crippen LogP contribution in [0.25, 0.3) is 0 Å². The van der Waals surface area contributed by atoms with Gasteiger partial charge in [-0.2, -0.15) is 0 Å². The summed E-state index contributed by atoms with van der Waals surface area (Å²) in [5.74, 6) is -1.51. The molecule has 0 spiro atoms. The SMILES string of the molecule is C[C@H](NC(=O)CCNC(=O)N(C)Cc1ccccc1)C(=O)O. The Hall–Kier alpha value is -2.57. The van der Waals surface area contributed by atoms with Gasteiger partial charge >= 0.3 is 12.0 Å². The Morgan fingerprint density at radius 3 is 2.45 bits per heavy atom. The number of amides is 3. The van der Waals surface area contributed by atoms with E-state index in [9.17, 15) is 14.4 Å². The molecule has 0 aliphatic carbocycles. The minimum absolute atomic E-state index is 0.0303.